The third kappa shape index (κ3) is 7.67. The monoisotopic (exact) mass is 888 g/mol. The van der Waals surface area contributed by atoms with E-state index in [-0.39, 0.29) is 73.1 Å². The van der Waals surface area contributed by atoms with E-state index in [0.29, 0.717) is 36.2 Å². The molecule has 15 nitrogen and oxygen atoms in total. The zero-order chi connectivity index (χ0) is 43.4. The van der Waals surface area contributed by atoms with Gasteiger partial charge in [-0.25, -0.2) is 9.97 Å². The topological polar surface area (TPSA) is 152 Å². The van der Waals surface area contributed by atoms with Crippen molar-refractivity contribution in [3.63, 3.8) is 0 Å². The highest BCUT2D eigenvalue weighted by molar-refractivity contribution is 7.15. The molecule has 0 spiro atoms. The number of halogens is 4. The second kappa shape index (κ2) is 16.4. The molecule has 0 bridgehead atoms. The van der Waals surface area contributed by atoms with Crippen LogP contribution in [0.15, 0.2) is 65.7 Å². The molecule has 20 heteroatoms. The molecule has 0 unspecified atom stereocenters. The van der Waals surface area contributed by atoms with Crippen LogP contribution >= 0.6 is 22.9 Å². The van der Waals surface area contributed by atoms with Crippen molar-refractivity contribution in [2.75, 3.05) is 56.6 Å². The van der Waals surface area contributed by atoms with Gasteiger partial charge in [0.1, 0.15) is 24.7 Å². The largest absolute Gasteiger partial charge is 0.485 e. The average Bonchev–Trinajstić information content (AvgIpc) is 3.91. The van der Waals surface area contributed by atoms with E-state index in [4.69, 9.17) is 31.2 Å². The molecule has 9 rings (SSSR count). The highest BCUT2D eigenvalue weighted by Crippen LogP contribution is 2.39. The molecule has 0 aliphatic carbocycles. The molecule has 322 valence electrons. The number of hydrogen-bond donors (Lipinski definition) is 1. The van der Waals surface area contributed by atoms with Crippen molar-refractivity contribution in [3.8, 4) is 16.5 Å². The number of ether oxygens (including phenoxy) is 2. The number of piperazine rings is 1. The van der Waals surface area contributed by atoms with E-state index >= 15 is 0 Å². The molecule has 3 aliphatic heterocycles. The van der Waals surface area contributed by atoms with Crippen LogP contribution in [0, 0.1) is 6.92 Å². The summed E-state index contributed by atoms with van der Waals surface area (Å²) in [5.41, 5.74) is 2.06. The Balaban J connectivity index is 1.08. The molecular formula is C42H40ClF3N10O5S. The number of nitrogens with one attached hydrogen (secondary N) is 1. The van der Waals surface area contributed by atoms with E-state index in [9.17, 15) is 27.6 Å². The van der Waals surface area contributed by atoms with Crippen molar-refractivity contribution in [1.29, 1.82) is 0 Å². The van der Waals surface area contributed by atoms with Gasteiger partial charge in [-0.05, 0) is 62.7 Å². The third-order valence-electron chi connectivity index (χ3n) is 11.5. The van der Waals surface area contributed by atoms with Crippen molar-refractivity contribution in [1.82, 2.24) is 38.9 Å². The molecule has 7 heterocycles. The second-order valence-electron chi connectivity index (χ2n) is 15.4. The van der Waals surface area contributed by atoms with Crippen LogP contribution in [0.2, 0.25) is 5.02 Å². The molecule has 2 amide bonds. The lowest BCUT2D eigenvalue weighted by Gasteiger charge is -2.42. The first kappa shape index (κ1) is 41.5. The van der Waals surface area contributed by atoms with Crippen molar-refractivity contribution < 1.29 is 32.2 Å². The number of aryl methyl sites for hydroxylation is 1. The van der Waals surface area contributed by atoms with Gasteiger partial charge in [-0.2, -0.15) is 22.7 Å². The van der Waals surface area contributed by atoms with Crippen LogP contribution in [-0.4, -0.2) is 97.1 Å². The molecule has 1 saturated heterocycles. The normalized spacial score (nSPS) is 18.1. The highest BCUT2D eigenvalue weighted by Gasteiger charge is 2.41. The fourth-order valence-electron chi connectivity index (χ4n) is 8.12. The summed E-state index contributed by atoms with van der Waals surface area (Å²) in [6.45, 7) is 6.04. The molecule has 4 aromatic heterocycles. The number of amides is 2. The molecule has 6 aromatic rings. The summed E-state index contributed by atoms with van der Waals surface area (Å²) >= 11 is 7.78. The maximum absolute atomic E-state index is 14.9. The summed E-state index contributed by atoms with van der Waals surface area (Å²) in [4.78, 5) is 64.1. The van der Waals surface area contributed by atoms with Crippen LogP contribution < -0.4 is 20.5 Å². The number of thiophene rings is 1. The van der Waals surface area contributed by atoms with E-state index in [1.807, 2.05) is 60.2 Å². The van der Waals surface area contributed by atoms with Gasteiger partial charge in [-0.3, -0.25) is 23.9 Å². The van der Waals surface area contributed by atoms with E-state index in [2.05, 4.69) is 15.3 Å². The minimum Gasteiger partial charge on any atom is -0.485 e. The number of nitrogens with zero attached hydrogens (tertiary/aromatic N) is 9. The first-order valence-corrected chi connectivity index (χ1v) is 21.1. The predicted octanol–water partition coefficient (Wildman–Crippen LogP) is 6.19. The Morgan fingerprint density at radius 2 is 1.84 bits per heavy atom. The second-order valence-corrected chi connectivity index (χ2v) is 17.0. The van der Waals surface area contributed by atoms with E-state index in [0.717, 1.165) is 45.5 Å². The molecule has 2 atom stereocenters. The number of rotatable bonds is 8. The first-order chi connectivity index (χ1) is 29.8. The zero-order valence-corrected chi connectivity index (χ0v) is 35.4. The van der Waals surface area contributed by atoms with Gasteiger partial charge in [0, 0.05) is 43.6 Å². The van der Waals surface area contributed by atoms with E-state index in [1.165, 1.54) is 22.2 Å². The average molecular weight is 889 g/mol. The fraction of sp³-hybridized carbons (Fsp3) is 0.357. The Kier molecular flexibility index (Phi) is 11.0. The van der Waals surface area contributed by atoms with Crippen LogP contribution in [0.25, 0.3) is 16.5 Å². The van der Waals surface area contributed by atoms with E-state index < -0.39 is 35.3 Å². The standard InChI is InChI=1S/C42H40ClF3N10O5S/c1-23-36(61-20-25-7-5-4-6-8-25)33(48-22-47-23)39(58)54-14-12-53(13-15-54)35-34-24(2)52(3)19-30(38(57)49-29-10-9-27(18-28(29)43)42(44,45)46)55(34)41-50-37(51-56(41)40(35)59)31-17-26-11-16-60-21-32(26)62-31/h4-10,17-18,22,24,30H,11-16,19-21H2,1-3H3,(H,49,57)/t24-,30-/m0/s1. The number of carbonyl (C=O) groups excluding carboxylic acids is 2. The van der Waals surface area contributed by atoms with Gasteiger partial charge >= 0.3 is 6.18 Å². The lowest BCUT2D eigenvalue weighted by atomic mass is 10.0. The van der Waals surface area contributed by atoms with Gasteiger partial charge in [-0.15, -0.1) is 16.4 Å². The number of alkyl halides is 3. The SMILES string of the molecule is Cc1ncnc(C(=O)N2CCN(c3c4n(c5nc(-c6cc7c(s6)COCC7)nn5c3=O)[C@H](C(=O)Nc3ccc(C(F)(F)F)cc3Cl)CN(C)[C@H]4C)CC2)c1OCc1ccccc1. The summed E-state index contributed by atoms with van der Waals surface area (Å²) in [5, 5.41) is 7.20. The van der Waals surface area contributed by atoms with Crippen molar-refractivity contribution in [2.45, 2.75) is 51.7 Å². The summed E-state index contributed by atoms with van der Waals surface area (Å²) in [7, 11) is 1.82. The maximum Gasteiger partial charge on any atom is 0.416 e. The predicted molar refractivity (Wildman–Crippen MR) is 225 cm³/mol. The smallest absolute Gasteiger partial charge is 0.416 e. The minimum atomic E-state index is -4.63. The van der Waals surface area contributed by atoms with Crippen LogP contribution in [0.4, 0.5) is 24.5 Å². The van der Waals surface area contributed by atoms with Gasteiger partial charge in [0.05, 0.1) is 45.8 Å². The van der Waals surface area contributed by atoms with Gasteiger partial charge in [-0.1, -0.05) is 41.9 Å². The number of fused-ring (bicyclic) bond motifs is 4. The highest BCUT2D eigenvalue weighted by atomic mass is 35.5. The Morgan fingerprint density at radius 1 is 1.06 bits per heavy atom. The Bertz CT molecular complexity index is 2750. The van der Waals surface area contributed by atoms with E-state index in [1.54, 1.807) is 16.4 Å². The summed E-state index contributed by atoms with van der Waals surface area (Å²) < 4.78 is 55.1. The Morgan fingerprint density at radius 3 is 2.56 bits per heavy atom. The first-order valence-electron chi connectivity index (χ1n) is 19.9. The van der Waals surface area contributed by atoms with Gasteiger partial charge in [0.2, 0.25) is 11.7 Å². The van der Waals surface area contributed by atoms with Crippen molar-refractivity contribution in [3.05, 3.63) is 115 Å². The molecule has 0 radical (unpaired) electrons. The molecule has 0 saturated carbocycles. The molecule has 1 N–H and O–H groups in total. The zero-order valence-electron chi connectivity index (χ0n) is 33.8. The number of hydrogen-bond acceptors (Lipinski definition) is 12. The Labute approximate surface area is 361 Å². The number of anilines is 2. The maximum atomic E-state index is 14.9. The van der Waals surface area contributed by atoms with Gasteiger partial charge in [0.25, 0.3) is 11.5 Å². The molecule has 3 aliphatic rings. The number of likely N-dealkylation sites (N-methyl/N-ethyl adjacent to an activating group) is 1. The minimum absolute atomic E-state index is 0.00776. The molecule has 2 aromatic carbocycles. The molecule has 62 heavy (non-hydrogen) atoms. The molecular weight excluding hydrogens is 849 g/mol. The molecule has 1 fully saturated rings. The summed E-state index contributed by atoms with van der Waals surface area (Å²) in [6.07, 6.45) is -2.57. The van der Waals surface area contributed by atoms with Crippen LogP contribution in [0.1, 0.15) is 62.5 Å². The third-order valence-corrected chi connectivity index (χ3v) is 13.0. The van der Waals surface area contributed by atoms with Gasteiger partial charge < -0.3 is 24.6 Å². The quantitative estimate of drug-likeness (QED) is 0.186. The number of carbonyl (C=O) groups is 2. The number of benzene rings is 2. The van der Waals surface area contributed by atoms with Crippen molar-refractivity contribution in [2.24, 2.45) is 0 Å². The van der Waals surface area contributed by atoms with Crippen molar-refractivity contribution >= 4 is 51.9 Å². The lowest BCUT2D eigenvalue weighted by molar-refractivity contribution is -0.137. The number of aromatic nitrogens is 6. The lowest BCUT2D eigenvalue weighted by Crippen LogP contribution is -2.52. The van der Waals surface area contributed by atoms with Crippen LogP contribution in [0.3, 0.4) is 0 Å². The fourth-order valence-corrected chi connectivity index (χ4v) is 9.43. The summed E-state index contributed by atoms with van der Waals surface area (Å²) in [5.74, 6) is -0.213. The van der Waals surface area contributed by atoms with Gasteiger partial charge in [0.15, 0.2) is 17.3 Å². The van der Waals surface area contributed by atoms with Crippen LogP contribution in [-0.2, 0) is 35.3 Å². The van der Waals surface area contributed by atoms with Crippen LogP contribution in [0.5, 0.6) is 5.75 Å². The Hall–Kier alpha value is -5.89. The summed E-state index contributed by atoms with van der Waals surface area (Å²) in [6, 6.07) is 12.8.